The zero-order valence-electron chi connectivity index (χ0n) is 16.9. The molecule has 0 spiro atoms. The number of fused-ring (bicyclic) bond motifs is 1. The van der Waals surface area contributed by atoms with Crippen LogP contribution in [0.2, 0.25) is 0 Å². The molecule has 10 nitrogen and oxygen atoms in total. The SMILES string of the molecule is Cc1cc(N2CCN(C(=O)c3ccc(=O)n(-c4ccccc4)n3)CC2)n2ncnc2n1. The van der Waals surface area contributed by atoms with E-state index in [0.29, 0.717) is 37.6 Å². The lowest BCUT2D eigenvalue weighted by atomic mass is 10.2. The summed E-state index contributed by atoms with van der Waals surface area (Å²) in [6.07, 6.45) is 1.48. The fourth-order valence-corrected chi connectivity index (χ4v) is 3.72. The summed E-state index contributed by atoms with van der Waals surface area (Å²) in [7, 11) is 0. The normalized spacial score (nSPS) is 14.2. The first kappa shape index (κ1) is 18.9. The van der Waals surface area contributed by atoms with Crippen molar-refractivity contribution >= 4 is 17.5 Å². The van der Waals surface area contributed by atoms with Gasteiger partial charge in [-0.3, -0.25) is 9.59 Å². The van der Waals surface area contributed by atoms with Crippen LogP contribution in [0.5, 0.6) is 0 Å². The fraction of sp³-hybridized carbons (Fsp3) is 0.238. The van der Waals surface area contributed by atoms with E-state index in [0.717, 1.165) is 11.5 Å². The molecule has 1 aromatic carbocycles. The molecule has 0 radical (unpaired) electrons. The van der Waals surface area contributed by atoms with Crippen LogP contribution in [0.3, 0.4) is 0 Å². The molecule has 0 bridgehead atoms. The van der Waals surface area contributed by atoms with Crippen molar-refractivity contribution in [3.05, 3.63) is 76.6 Å². The molecule has 3 aromatic heterocycles. The highest BCUT2D eigenvalue weighted by Gasteiger charge is 2.25. The van der Waals surface area contributed by atoms with Gasteiger partial charge in [0.15, 0.2) is 0 Å². The molecular formula is C21H20N8O2. The molecule has 0 N–H and O–H groups in total. The number of aromatic nitrogens is 6. The van der Waals surface area contributed by atoms with Gasteiger partial charge in [-0.25, -0.2) is 4.98 Å². The first-order valence-corrected chi connectivity index (χ1v) is 9.97. The second-order valence-electron chi connectivity index (χ2n) is 7.31. The number of anilines is 1. The van der Waals surface area contributed by atoms with E-state index in [1.807, 2.05) is 31.2 Å². The third kappa shape index (κ3) is 3.52. The highest BCUT2D eigenvalue weighted by atomic mass is 16.2. The third-order valence-corrected chi connectivity index (χ3v) is 5.27. The van der Waals surface area contributed by atoms with Crippen LogP contribution in [0.4, 0.5) is 5.82 Å². The van der Waals surface area contributed by atoms with E-state index >= 15 is 0 Å². The van der Waals surface area contributed by atoms with Crippen LogP contribution in [0, 0.1) is 6.92 Å². The van der Waals surface area contributed by atoms with Gasteiger partial charge in [0.2, 0.25) is 0 Å². The zero-order chi connectivity index (χ0) is 21.4. The number of hydrogen-bond acceptors (Lipinski definition) is 7. The Morgan fingerprint density at radius 3 is 2.55 bits per heavy atom. The number of aryl methyl sites for hydroxylation is 1. The summed E-state index contributed by atoms with van der Waals surface area (Å²) in [5.41, 5.74) is 1.45. The second-order valence-corrected chi connectivity index (χ2v) is 7.31. The molecule has 0 aliphatic carbocycles. The maximum Gasteiger partial charge on any atom is 0.274 e. The van der Waals surface area contributed by atoms with Crippen molar-refractivity contribution in [2.45, 2.75) is 6.92 Å². The third-order valence-electron chi connectivity index (χ3n) is 5.27. The minimum Gasteiger partial charge on any atom is -0.353 e. The number of piperazine rings is 1. The molecule has 1 aliphatic rings. The number of nitrogens with zero attached hydrogens (tertiary/aromatic N) is 8. The van der Waals surface area contributed by atoms with Gasteiger partial charge in [0.1, 0.15) is 17.8 Å². The number of para-hydroxylation sites is 1. The Morgan fingerprint density at radius 2 is 1.77 bits per heavy atom. The average Bonchev–Trinajstić information content (AvgIpc) is 3.27. The number of hydrogen-bond donors (Lipinski definition) is 0. The number of rotatable bonds is 3. The van der Waals surface area contributed by atoms with Crippen molar-refractivity contribution < 1.29 is 4.79 Å². The molecule has 1 saturated heterocycles. The number of amides is 1. The minimum atomic E-state index is -0.280. The standard InChI is InChI=1S/C21H20N8O2/c1-15-13-18(29-21(24-15)22-14-23-29)26-9-11-27(12-10-26)20(31)17-7-8-19(30)28(25-17)16-5-3-2-4-6-16/h2-8,13-14H,9-12H2,1H3. The van der Waals surface area contributed by atoms with E-state index in [1.54, 1.807) is 21.5 Å². The van der Waals surface area contributed by atoms with Gasteiger partial charge in [-0.05, 0) is 25.1 Å². The van der Waals surface area contributed by atoms with E-state index in [4.69, 9.17) is 0 Å². The van der Waals surface area contributed by atoms with Crippen LogP contribution in [0.1, 0.15) is 16.2 Å². The van der Waals surface area contributed by atoms with E-state index in [-0.39, 0.29) is 17.2 Å². The first-order chi connectivity index (χ1) is 15.1. The molecule has 1 aliphatic heterocycles. The summed E-state index contributed by atoms with van der Waals surface area (Å²) in [6, 6.07) is 13.9. The van der Waals surface area contributed by atoms with Crippen molar-refractivity contribution in [2.24, 2.45) is 0 Å². The van der Waals surface area contributed by atoms with Gasteiger partial charge in [0.25, 0.3) is 17.2 Å². The summed E-state index contributed by atoms with van der Waals surface area (Å²) in [6.45, 7) is 4.27. The monoisotopic (exact) mass is 416 g/mol. The minimum absolute atomic E-state index is 0.193. The van der Waals surface area contributed by atoms with Crippen LogP contribution >= 0.6 is 0 Å². The lowest BCUT2D eigenvalue weighted by Gasteiger charge is -2.35. The van der Waals surface area contributed by atoms with Crippen molar-refractivity contribution in [2.75, 3.05) is 31.1 Å². The maximum absolute atomic E-state index is 13.1. The van der Waals surface area contributed by atoms with Gasteiger partial charge in [-0.15, -0.1) is 0 Å². The molecule has 31 heavy (non-hydrogen) atoms. The largest absolute Gasteiger partial charge is 0.353 e. The van der Waals surface area contributed by atoms with Gasteiger partial charge >= 0.3 is 0 Å². The molecule has 4 heterocycles. The lowest BCUT2D eigenvalue weighted by molar-refractivity contribution is 0.0738. The molecule has 0 saturated carbocycles. The number of carbonyl (C=O) groups is 1. The van der Waals surface area contributed by atoms with E-state index < -0.39 is 0 Å². The Kier molecular flexibility index (Phi) is 4.66. The lowest BCUT2D eigenvalue weighted by Crippen LogP contribution is -2.49. The van der Waals surface area contributed by atoms with Gasteiger partial charge in [0.05, 0.1) is 5.69 Å². The molecule has 4 aromatic rings. The molecule has 10 heteroatoms. The fourth-order valence-electron chi connectivity index (χ4n) is 3.72. The Morgan fingerprint density at radius 1 is 1.00 bits per heavy atom. The summed E-state index contributed by atoms with van der Waals surface area (Å²) in [5.74, 6) is 1.27. The molecule has 5 rings (SSSR count). The van der Waals surface area contributed by atoms with Crippen LogP contribution in [0.25, 0.3) is 11.5 Å². The second kappa shape index (κ2) is 7.63. The highest BCUT2D eigenvalue weighted by molar-refractivity contribution is 5.92. The highest BCUT2D eigenvalue weighted by Crippen LogP contribution is 2.18. The van der Waals surface area contributed by atoms with Crippen LogP contribution in [-0.2, 0) is 0 Å². The molecule has 1 amide bonds. The molecule has 0 atom stereocenters. The maximum atomic E-state index is 13.1. The van der Waals surface area contributed by atoms with Crippen molar-refractivity contribution in [1.29, 1.82) is 0 Å². The smallest absolute Gasteiger partial charge is 0.274 e. The Balaban J connectivity index is 1.35. The summed E-state index contributed by atoms with van der Waals surface area (Å²) < 4.78 is 2.96. The number of carbonyl (C=O) groups excluding carboxylic acids is 1. The van der Waals surface area contributed by atoms with Gasteiger partial charge in [0, 0.05) is 44.0 Å². The molecule has 156 valence electrons. The summed E-state index contributed by atoms with van der Waals surface area (Å²) >= 11 is 0. The zero-order valence-corrected chi connectivity index (χ0v) is 16.9. The predicted molar refractivity (Wildman–Crippen MR) is 113 cm³/mol. The summed E-state index contributed by atoms with van der Waals surface area (Å²) in [5, 5.41) is 8.57. The van der Waals surface area contributed by atoms with Crippen LogP contribution in [0.15, 0.2) is 59.7 Å². The topological polar surface area (TPSA) is 102 Å². The Bertz CT molecular complexity index is 1310. The average molecular weight is 416 g/mol. The van der Waals surface area contributed by atoms with E-state index in [1.165, 1.54) is 23.1 Å². The molecular weight excluding hydrogens is 396 g/mol. The quantitative estimate of drug-likeness (QED) is 0.490. The summed E-state index contributed by atoms with van der Waals surface area (Å²) in [4.78, 5) is 37.8. The van der Waals surface area contributed by atoms with Gasteiger partial charge < -0.3 is 9.80 Å². The van der Waals surface area contributed by atoms with E-state index in [2.05, 4.69) is 25.1 Å². The first-order valence-electron chi connectivity index (χ1n) is 9.97. The van der Waals surface area contributed by atoms with Gasteiger partial charge in [-0.2, -0.15) is 24.4 Å². The molecule has 0 unspecified atom stereocenters. The van der Waals surface area contributed by atoms with Crippen molar-refractivity contribution in [1.82, 2.24) is 34.3 Å². The van der Waals surface area contributed by atoms with Crippen LogP contribution in [-0.4, -0.2) is 66.3 Å². The Labute approximate surface area is 177 Å². The van der Waals surface area contributed by atoms with Crippen LogP contribution < -0.4 is 10.5 Å². The molecule has 1 fully saturated rings. The predicted octanol–water partition coefficient (Wildman–Crippen LogP) is 0.941. The Hall–Kier alpha value is -4.08. The van der Waals surface area contributed by atoms with Crippen molar-refractivity contribution in [3.63, 3.8) is 0 Å². The van der Waals surface area contributed by atoms with Crippen molar-refractivity contribution in [3.8, 4) is 5.69 Å². The van der Waals surface area contributed by atoms with E-state index in [9.17, 15) is 9.59 Å². The van der Waals surface area contributed by atoms with Gasteiger partial charge in [-0.1, -0.05) is 18.2 Å². The number of benzene rings is 1.